The topological polar surface area (TPSA) is 111 Å². The van der Waals surface area contributed by atoms with E-state index in [1.807, 2.05) is 61.5 Å². The third kappa shape index (κ3) is 11.7. The number of sulfonamides is 1. The standard InChI is InChI=1S/C47H58ClN5O5S2/c1-35-31-43(17-18-45(35)49-40(20-22-51-27-29-58-30-28-51)34-59(55)42-7-5-4-6-8-42)60(56,57)50-46(54)37-11-15-41(16-12-37)53-25-23-52(24-26-53)33-38-32-47(2,3)21-19-44(38)36-9-13-39(48)14-10-36/h4-18,31,40,49H,19-30,32-34H2,1-3H3,(H,50,54)/t40-,59-/m1/s1. The fourth-order valence-corrected chi connectivity index (χ4v) is 10.9. The minimum atomic E-state index is -4.16. The van der Waals surface area contributed by atoms with Crippen molar-refractivity contribution in [2.24, 2.45) is 5.41 Å². The molecule has 0 spiro atoms. The number of allylic oxidation sites excluding steroid dienone is 1. The minimum Gasteiger partial charge on any atom is -0.381 e. The van der Waals surface area contributed by atoms with Crippen LogP contribution in [-0.2, 0) is 25.6 Å². The van der Waals surface area contributed by atoms with E-state index >= 15 is 0 Å². The zero-order valence-electron chi connectivity index (χ0n) is 35.0. The molecule has 60 heavy (non-hydrogen) atoms. The molecule has 13 heteroatoms. The maximum atomic E-state index is 13.5. The smallest absolute Gasteiger partial charge is 0.264 e. The molecule has 3 aliphatic rings. The highest BCUT2D eigenvalue weighted by Gasteiger charge is 2.30. The number of hydrogen-bond donors (Lipinski definition) is 2. The average molecular weight is 873 g/mol. The van der Waals surface area contributed by atoms with Gasteiger partial charge in [0.1, 0.15) is 0 Å². The van der Waals surface area contributed by atoms with Crippen molar-refractivity contribution in [3.63, 3.8) is 0 Å². The van der Waals surface area contributed by atoms with Crippen molar-refractivity contribution in [3.05, 3.63) is 124 Å². The van der Waals surface area contributed by atoms with Gasteiger partial charge >= 0.3 is 0 Å². The normalized spacial score (nSPS) is 18.8. The molecule has 2 atom stereocenters. The van der Waals surface area contributed by atoms with Gasteiger partial charge in [-0.25, -0.2) is 13.1 Å². The monoisotopic (exact) mass is 871 g/mol. The Morgan fingerprint density at radius 3 is 2.27 bits per heavy atom. The summed E-state index contributed by atoms with van der Waals surface area (Å²) in [6.45, 7) is 15.0. The van der Waals surface area contributed by atoms with E-state index in [2.05, 4.69) is 50.7 Å². The number of carbonyl (C=O) groups excluding carboxylic acids is 1. The molecule has 0 radical (unpaired) electrons. The Hall–Kier alpha value is -4.04. The van der Waals surface area contributed by atoms with E-state index in [0.717, 1.165) is 92.9 Å². The van der Waals surface area contributed by atoms with Crippen LogP contribution in [0, 0.1) is 12.3 Å². The van der Waals surface area contributed by atoms with Gasteiger partial charge in [-0.05, 0) is 121 Å². The summed E-state index contributed by atoms with van der Waals surface area (Å²) in [5.74, 6) is -0.277. The van der Waals surface area contributed by atoms with Crippen molar-refractivity contribution in [2.75, 3.05) is 81.5 Å². The summed E-state index contributed by atoms with van der Waals surface area (Å²) >= 11 is 6.21. The zero-order valence-corrected chi connectivity index (χ0v) is 37.4. The summed E-state index contributed by atoms with van der Waals surface area (Å²) < 4.78 is 48.1. The van der Waals surface area contributed by atoms with Crippen LogP contribution in [0.25, 0.3) is 5.57 Å². The van der Waals surface area contributed by atoms with E-state index in [0.29, 0.717) is 24.5 Å². The number of anilines is 2. The van der Waals surface area contributed by atoms with E-state index in [9.17, 15) is 17.4 Å². The van der Waals surface area contributed by atoms with E-state index in [4.69, 9.17) is 16.3 Å². The van der Waals surface area contributed by atoms with Gasteiger partial charge in [0, 0.05) is 91.0 Å². The molecule has 0 aromatic heterocycles. The predicted molar refractivity (Wildman–Crippen MR) is 244 cm³/mol. The summed E-state index contributed by atoms with van der Waals surface area (Å²) in [5.41, 5.74) is 7.27. The first-order chi connectivity index (χ1) is 28.8. The van der Waals surface area contributed by atoms with Crippen LogP contribution in [0.1, 0.15) is 61.0 Å². The molecule has 2 saturated heterocycles. The van der Waals surface area contributed by atoms with Gasteiger partial charge in [-0.15, -0.1) is 0 Å². The van der Waals surface area contributed by atoms with Gasteiger partial charge in [-0.3, -0.25) is 18.8 Å². The van der Waals surface area contributed by atoms with Crippen LogP contribution in [0.2, 0.25) is 5.02 Å². The number of ether oxygens (including phenoxy) is 1. The number of nitrogens with zero attached hydrogens (tertiary/aromatic N) is 3. The molecule has 2 fully saturated rings. The first kappa shape index (κ1) is 44.0. The lowest BCUT2D eigenvalue weighted by atomic mass is 9.73. The number of aryl methyl sites for hydroxylation is 1. The first-order valence-electron chi connectivity index (χ1n) is 21.0. The summed E-state index contributed by atoms with van der Waals surface area (Å²) in [7, 11) is -5.37. The molecular weight excluding hydrogens is 814 g/mol. The van der Waals surface area contributed by atoms with Gasteiger partial charge in [0.05, 0.1) is 28.9 Å². The third-order valence-electron chi connectivity index (χ3n) is 12.0. The van der Waals surface area contributed by atoms with E-state index < -0.39 is 26.7 Å². The van der Waals surface area contributed by atoms with Crippen LogP contribution in [0.4, 0.5) is 11.4 Å². The van der Waals surface area contributed by atoms with Gasteiger partial charge in [0.25, 0.3) is 15.9 Å². The van der Waals surface area contributed by atoms with Crippen LogP contribution < -0.4 is 14.9 Å². The molecule has 1 amide bonds. The molecule has 4 aromatic carbocycles. The number of nitrogens with one attached hydrogen (secondary N) is 2. The van der Waals surface area contributed by atoms with Crippen molar-refractivity contribution < 1.29 is 22.2 Å². The average Bonchev–Trinajstić information content (AvgIpc) is 3.24. The van der Waals surface area contributed by atoms with Gasteiger partial charge in [-0.1, -0.05) is 61.4 Å². The highest BCUT2D eigenvalue weighted by atomic mass is 35.5. The van der Waals surface area contributed by atoms with Crippen molar-refractivity contribution in [1.82, 2.24) is 14.5 Å². The summed E-state index contributed by atoms with van der Waals surface area (Å²) in [6.07, 6.45) is 4.09. The highest BCUT2D eigenvalue weighted by molar-refractivity contribution is 7.90. The quantitative estimate of drug-likeness (QED) is 0.123. The van der Waals surface area contributed by atoms with Crippen molar-refractivity contribution in [1.29, 1.82) is 0 Å². The second-order valence-electron chi connectivity index (χ2n) is 17.1. The molecule has 7 rings (SSSR count). The van der Waals surface area contributed by atoms with Crippen molar-refractivity contribution in [2.45, 2.75) is 62.3 Å². The van der Waals surface area contributed by atoms with E-state index in [1.165, 1.54) is 29.2 Å². The number of rotatable bonds is 15. The maximum absolute atomic E-state index is 13.5. The number of carbonyl (C=O) groups is 1. The third-order valence-corrected chi connectivity index (χ3v) is 15.1. The second-order valence-corrected chi connectivity index (χ2v) is 20.7. The Kier molecular flexibility index (Phi) is 14.5. The zero-order chi connectivity index (χ0) is 42.3. The van der Waals surface area contributed by atoms with Gasteiger partial charge in [0.2, 0.25) is 0 Å². The molecular formula is C47H58ClN5O5S2. The number of amides is 1. The first-order valence-corrected chi connectivity index (χ1v) is 24.2. The molecule has 2 N–H and O–H groups in total. The Morgan fingerprint density at radius 1 is 0.883 bits per heavy atom. The predicted octanol–water partition coefficient (Wildman–Crippen LogP) is 7.86. The van der Waals surface area contributed by atoms with E-state index in [-0.39, 0.29) is 21.9 Å². The molecule has 2 aliphatic heterocycles. The maximum Gasteiger partial charge on any atom is 0.264 e. The number of piperazine rings is 1. The Bertz CT molecular complexity index is 2260. The van der Waals surface area contributed by atoms with E-state index in [1.54, 1.807) is 24.3 Å². The molecule has 0 unspecified atom stereocenters. The SMILES string of the molecule is Cc1cc(S(=O)(=O)NC(=O)c2ccc(N3CCN(CC4=C(c5ccc(Cl)cc5)CCC(C)(C)C4)CC3)cc2)ccc1N[C@H](CCN1CCOCC1)C[S@@](=O)c1ccccc1. The fourth-order valence-electron chi connectivity index (χ4n) is 8.46. The molecule has 10 nitrogen and oxygen atoms in total. The summed E-state index contributed by atoms with van der Waals surface area (Å²) in [5, 5.41) is 4.31. The van der Waals surface area contributed by atoms with Crippen molar-refractivity contribution in [3.8, 4) is 0 Å². The lowest BCUT2D eigenvalue weighted by Gasteiger charge is -2.39. The van der Waals surface area contributed by atoms with Gasteiger partial charge in [0.15, 0.2) is 0 Å². The largest absolute Gasteiger partial charge is 0.381 e. The molecule has 2 heterocycles. The molecule has 320 valence electrons. The molecule has 0 saturated carbocycles. The van der Waals surface area contributed by atoms with Crippen LogP contribution in [0.15, 0.2) is 112 Å². The Labute approximate surface area is 363 Å². The molecule has 4 aromatic rings. The second kappa shape index (κ2) is 19.8. The number of hydrogen-bond acceptors (Lipinski definition) is 9. The minimum absolute atomic E-state index is 0.000963. The Morgan fingerprint density at radius 2 is 1.58 bits per heavy atom. The number of benzene rings is 4. The lowest BCUT2D eigenvalue weighted by Crippen LogP contribution is -2.47. The van der Waals surface area contributed by atoms with Crippen LogP contribution in [0.3, 0.4) is 0 Å². The summed E-state index contributed by atoms with van der Waals surface area (Å²) in [4.78, 5) is 21.3. The van der Waals surface area contributed by atoms with Crippen molar-refractivity contribution >= 4 is 55.3 Å². The highest BCUT2D eigenvalue weighted by Crippen LogP contribution is 2.43. The number of morpholine rings is 1. The van der Waals surface area contributed by atoms with Gasteiger partial charge in [-0.2, -0.15) is 0 Å². The Balaban J connectivity index is 0.942. The lowest BCUT2D eigenvalue weighted by molar-refractivity contribution is 0.0370. The summed E-state index contributed by atoms with van der Waals surface area (Å²) in [6, 6.07) is 29.5. The molecule has 0 bridgehead atoms. The van der Waals surface area contributed by atoms with Gasteiger partial charge < -0.3 is 15.0 Å². The number of halogens is 1. The van der Waals surface area contributed by atoms with Crippen LogP contribution in [-0.4, -0.2) is 106 Å². The van der Waals surface area contributed by atoms with Crippen LogP contribution >= 0.6 is 11.6 Å². The fraction of sp³-hybridized carbons (Fsp3) is 0.426. The van der Waals surface area contributed by atoms with Crippen LogP contribution in [0.5, 0.6) is 0 Å². The molecule has 1 aliphatic carbocycles.